The third kappa shape index (κ3) is 12.4. The zero-order chi connectivity index (χ0) is 26.7. The number of nitrogens with one attached hydrogen (secondary N) is 1. The smallest absolute Gasteiger partial charge is 0.411 e. The van der Waals surface area contributed by atoms with Crippen LogP contribution in [0, 0.1) is 5.92 Å². The Balaban J connectivity index is 0.00000160. The number of carbonyl (C=O) groups is 3. The van der Waals surface area contributed by atoms with Gasteiger partial charge in [-0.3, -0.25) is 9.69 Å². The number of aliphatic hydroxyl groups excluding tert-OH is 1. The molecule has 0 bridgehead atoms. The molecule has 0 saturated carbocycles. The zero-order valence-electron chi connectivity index (χ0n) is 22.9. The summed E-state index contributed by atoms with van der Waals surface area (Å²) in [5.41, 5.74) is -1.33. The van der Waals surface area contributed by atoms with Gasteiger partial charge in [-0.05, 0) is 74.7 Å². The van der Waals surface area contributed by atoms with Gasteiger partial charge in [-0.2, -0.15) is 0 Å². The number of ether oxygens (including phenoxy) is 2. The highest BCUT2D eigenvalue weighted by Crippen LogP contribution is 2.36. The summed E-state index contributed by atoms with van der Waals surface area (Å²) in [6.07, 6.45) is 5.22. The van der Waals surface area contributed by atoms with E-state index < -0.39 is 35.4 Å². The van der Waals surface area contributed by atoms with E-state index in [0.717, 1.165) is 13.0 Å². The number of hydrogen-bond donors (Lipinski definition) is 2. The minimum absolute atomic E-state index is 0.0394. The lowest BCUT2D eigenvalue weighted by molar-refractivity contribution is -0.160. The molecule has 0 aromatic rings. The summed E-state index contributed by atoms with van der Waals surface area (Å²) < 4.78 is 11.2. The van der Waals surface area contributed by atoms with E-state index in [2.05, 4.69) is 5.32 Å². The van der Waals surface area contributed by atoms with Crippen molar-refractivity contribution >= 4 is 18.0 Å². The molecule has 1 rings (SSSR count). The standard InChI is InChI=1S/C22H39NO5.C4H9NO/c1-9-11-15-13-18(19(25)27-21(3,4)5)23(20(26)28-22(6,7)8)17(15)14-16(24)12-10-2;1-3-5-4(2)6/h9,11,15-18,24H,10,12-14H2,1-8H3;3H2,1-2H3,(H,5,6)/t15-,16?,17-,18-;/m1./s1. The molecular weight excluding hydrogens is 436 g/mol. The molecule has 4 atom stereocenters. The van der Waals surface area contributed by atoms with E-state index in [1.54, 1.807) is 20.8 Å². The van der Waals surface area contributed by atoms with Gasteiger partial charge in [-0.15, -0.1) is 0 Å². The molecule has 1 heterocycles. The molecule has 1 fully saturated rings. The lowest BCUT2D eigenvalue weighted by Crippen LogP contribution is -2.50. The molecule has 198 valence electrons. The number of esters is 1. The Morgan fingerprint density at radius 1 is 1.09 bits per heavy atom. The van der Waals surface area contributed by atoms with Gasteiger partial charge in [-0.25, -0.2) is 9.59 Å². The largest absolute Gasteiger partial charge is 0.458 e. The van der Waals surface area contributed by atoms with Crippen LogP contribution < -0.4 is 5.32 Å². The highest BCUT2D eigenvalue weighted by molar-refractivity contribution is 5.83. The summed E-state index contributed by atoms with van der Waals surface area (Å²) in [7, 11) is 0. The lowest BCUT2D eigenvalue weighted by Gasteiger charge is -2.34. The minimum atomic E-state index is -0.728. The predicted molar refractivity (Wildman–Crippen MR) is 134 cm³/mol. The topological polar surface area (TPSA) is 105 Å². The Hall–Kier alpha value is -2.09. The number of likely N-dealkylation sites (tertiary alicyclic amines) is 1. The highest BCUT2D eigenvalue weighted by atomic mass is 16.6. The van der Waals surface area contributed by atoms with Gasteiger partial charge in [0.1, 0.15) is 17.2 Å². The van der Waals surface area contributed by atoms with E-state index in [9.17, 15) is 19.5 Å². The molecular formula is C26H48N2O6. The maximum absolute atomic E-state index is 13.0. The first-order valence-electron chi connectivity index (χ1n) is 12.4. The summed E-state index contributed by atoms with van der Waals surface area (Å²) in [5, 5.41) is 13.0. The highest BCUT2D eigenvalue weighted by Gasteiger charge is 2.49. The van der Waals surface area contributed by atoms with Gasteiger partial charge in [-0.1, -0.05) is 25.5 Å². The molecule has 34 heavy (non-hydrogen) atoms. The van der Waals surface area contributed by atoms with Crippen LogP contribution in [-0.4, -0.2) is 63.9 Å². The van der Waals surface area contributed by atoms with Crippen molar-refractivity contribution in [2.75, 3.05) is 6.54 Å². The maximum atomic E-state index is 13.0. The van der Waals surface area contributed by atoms with Gasteiger partial charge in [0.15, 0.2) is 0 Å². The summed E-state index contributed by atoms with van der Waals surface area (Å²) in [6.45, 7) is 18.9. The van der Waals surface area contributed by atoms with E-state index in [-0.39, 0.29) is 17.9 Å². The van der Waals surface area contributed by atoms with Crippen molar-refractivity contribution in [3.05, 3.63) is 12.2 Å². The van der Waals surface area contributed by atoms with E-state index >= 15 is 0 Å². The number of aliphatic hydroxyl groups is 1. The van der Waals surface area contributed by atoms with Gasteiger partial charge < -0.3 is 19.9 Å². The normalized spacial score (nSPS) is 21.5. The van der Waals surface area contributed by atoms with E-state index in [1.165, 1.54) is 11.8 Å². The SMILES string of the molecule is CC=C[C@@H]1C[C@H](C(=O)OC(C)(C)C)N(C(=O)OC(C)(C)C)[C@@H]1CC(O)CCC.CCNC(C)=O. The Bertz CT molecular complexity index is 678. The number of allylic oxidation sites excluding steroid dienone is 1. The van der Waals surface area contributed by atoms with Crippen LogP contribution in [0.3, 0.4) is 0 Å². The van der Waals surface area contributed by atoms with Gasteiger partial charge in [0.05, 0.1) is 6.10 Å². The Morgan fingerprint density at radius 3 is 2.03 bits per heavy atom. The van der Waals surface area contributed by atoms with Crippen LogP contribution in [0.1, 0.15) is 94.9 Å². The van der Waals surface area contributed by atoms with Crippen molar-refractivity contribution in [3.63, 3.8) is 0 Å². The van der Waals surface area contributed by atoms with Gasteiger partial charge in [0, 0.05) is 25.4 Å². The third-order valence-electron chi connectivity index (χ3n) is 4.97. The molecule has 0 aliphatic carbocycles. The van der Waals surface area contributed by atoms with Crippen molar-refractivity contribution in [1.29, 1.82) is 0 Å². The number of rotatable bonds is 7. The molecule has 1 saturated heterocycles. The quantitative estimate of drug-likeness (QED) is 0.404. The molecule has 1 aliphatic rings. The van der Waals surface area contributed by atoms with Crippen molar-refractivity contribution < 1.29 is 29.0 Å². The predicted octanol–water partition coefficient (Wildman–Crippen LogP) is 4.59. The fourth-order valence-electron chi connectivity index (χ4n) is 3.84. The first-order valence-corrected chi connectivity index (χ1v) is 12.4. The molecule has 1 aliphatic heterocycles. The second kappa shape index (κ2) is 14.3. The van der Waals surface area contributed by atoms with Crippen LogP contribution in [0.2, 0.25) is 0 Å². The summed E-state index contributed by atoms with van der Waals surface area (Å²) in [5.74, 6) is -0.431. The fourth-order valence-corrected chi connectivity index (χ4v) is 3.84. The van der Waals surface area contributed by atoms with Crippen LogP contribution in [0.5, 0.6) is 0 Å². The van der Waals surface area contributed by atoms with Gasteiger partial charge in [0.2, 0.25) is 5.91 Å². The molecule has 8 nitrogen and oxygen atoms in total. The molecule has 0 aromatic heterocycles. The number of amides is 2. The molecule has 0 radical (unpaired) electrons. The van der Waals surface area contributed by atoms with Crippen molar-refractivity contribution in [2.45, 2.75) is 124 Å². The number of carbonyl (C=O) groups excluding carboxylic acids is 3. The Kier molecular flexibility index (Phi) is 13.5. The average Bonchev–Trinajstić information content (AvgIpc) is 2.98. The van der Waals surface area contributed by atoms with Crippen LogP contribution >= 0.6 is 0 Å². The van der Waals surface area contributed by atoms with E-state index in [0.29, 0.717) is 19.3 Å². The second-order valence-corrected chi connectivity index (χ2v) is 10.7. The monoisotopic (exact) mass is 484 g/mol. The third-order valence-corrected chi connectivity index (χ3v) is 4.97. The summed E-state index contributed by atoms with van der Waals surface area (Å²) >= 11 is 0. The fraction of sp³-hybridized carbons (Fsp3) is 0.808. The molecule has 0 spiro atoms. The Labute approximate surface area is 206 Å². The Morgan fingerprint density at radius 2 is 1.65 bits per heavy atom. The molecule has 8 heteroatoms. The first-order chi connectivity index (χ1) is 15.6. The summed E-state index contributed by atoms with van der Waals surface area (Å²) in [6, 6.07) is -1.04. The van der Waals surface area contributed by atoms with Crippen LogP contribution in [0.4, 0.5) is 4.79 Å². The zero-order valence-corrected chi connectivity index (χ0v) is 22.9. The average molecular weight is 485 g/mol. The van der Waals surface area contributed by atoms with Gasteiger partial charge >= 0.3 is 12.1 Å². The summed E-state index contributed by atoms with van der Waals surface area (Å²) in [4.78, 5) is 37.4. The first kappa shape index (κ1) is 31.9. The number of hydrogen-bond acceptors (Lipinski definition) is 6. The number of nitrogens with zero attached hydrogens (tertiary/aromatic N) is 1. The van der Waals surface area contributed by atoms with Crippen LogP contribution in [-0.2, 0) is 19.1 Å². The minimum Gasteiger partial charge on any atom is -0.458 e. The molecule has 1 unspecified atom stereocenters. The molecule has 2 N–H and O–H groups in total. The lowest BCUT2D eigenvalue weighted by atomic mass is 9.93. The molecule has 0 aromatic carbocycles. The van der Waals surface area contributed by atoms with Gasteiger partial charge in [0.25, 0.3) is 0 Å². The molecule has 2 amide bonds. The van der Waals surface area contributed by atoms with Crippen molar-refractivity contribution in [2.24, 2.45) is 5.92 Å². The van der Waals surface area contributed by atoms with Crippen LogP contribution in [0.15, 0.2) is 12.2 Å². The van der Waals surface area contributed by atoms with Crippen molar-refractivity contribution in [1.82, 2.24) is 10.2 Å². The maximum Gasteiger partial charge on any atom is 0.411 e. The van der Waals surface area contributed by atoms with Crippen molar-refractivity contribution in [3.8, 4) is 0 Å². The van der Waals surface area contributed by atoms with E-state index in [1.807, 2.05) is 53.7 Å². The van der Waals surface area contributed by atoms with Crippen LogP contribution in [0.25, 0.3) is 0 Å². The van der Waals surface area contributed by atoms with E-state index in [4.69, 9.17) is 9.47 Å². The second-order valence-electron chi connectivity index (χ2n) is 10.7.